The number of benzene rings is 1. The van der Waals surface area contributed by atoms with Crippen LogP contribution in [0.5, 0.6) is 0 Å². The molecule has 3 heterocycles. The highest BCUT2D eigenvalue weighted by Crippen LogP contribution is 2.59. The molecule has 0 bridgehead atoms. The Balaban J connectivity index is 1.16. The van der Waals surface area contributed by atoms with Gasteiger partial charge in [0.1, 0.15) is 5.58 Å². The van der Waals surface area contributed by atoms with Crippen molar-refractivity contribution < 1.29 is 14.0 Å². The highest BCUT2D eigenvalue weighted by molar-refractivity contribution is 5.96. The molecule has 0 unspecified atom stereocenters. The summed E-state index contributed by atoms with van der Waals surface area (Å²) in [6, 6.07) is 15.3. The van der Waals surface area contributed by atoms with Crippen LogP contribution in [0.2, 0.25) is 0 Å². The number of amides is 2. The summed E-state index contributed by atoms with van der Waals surface area (Å²) < 4.78 is 5.73. The number of carbonyl (C=O) groups is 2. The Labute approximate surface area is 175 Å². The molecular weight excluding hydrogens is 378 g/mol. The molecule has 6 heteroatoms. The number of nitrogens with one attached hydrogen (secondary N) is 1. The Morgan fingerprint density at radius 1 is 1.17 bits per heavy atom. The monoisotopic (exact) mass is 403 g/mol. The summed E-state index contributed by atoms with van der Waals surface area (Å²) in [6.45, 7) is 3.74. The summed E-state index contributed by atoms with van der Waals surface area (Å²) in [4.78, 5) is 31.8. The van der Waals surface area contributed by atoms with E-state index in [1.807, 2.05) is 60.4 Å². The van der Waals surface area contributed by atoms with Gasteiger partial charge < -0.3 is 14.6 Å². The zero-order chi connectivity index (χ0) is 20.7. The molecule has 2 fully saturated rings. The van der Waals surface area contributed by atoms with Gasteiger partial charge in [0, 0.05) is 30.1 Å². The molecule has 1 aromatic carbocycles. The molecule has 3 aromatic rings. The molecule has 5 rings (SSSR count). The first-order valence-corrected chi connectivity index (χ1v) is 10.5. The number of hydrogen-bond acceptors (Lipinski definition) is 4. The number of fused-ring (bicyclic) bond motifs is 1. The number of rotatable bonds is 4. The summed E-state index contributed by atoms with van der Waals surface area (Å²) in [5, 5.41) is 3.98. The highest BCUT2D eigenvalue weighted by atomic mass is 16.3. The number of carbonyl (C=O) groups excluding carboxylic acids is 2. The molecule has 1 saturated heterocycles. The van der Waals surface area contributed by atoms with E-state index in [1.165, 1.54) is 0 Å². The van der Waals surface area contributed by atoms with Gasteiger partial charge in [-0.05, 0) is 55.9 Å². The fourth-order valence-electron chi connectivity index (χ4n) is 4.67. The van der Waals surface area contributed by atoms with Gasteiger partial charge in [-0.25, -0.2) is 0 Å². The largest absolute Gasteiger partial charge is 0.451 e. The minimum atomic E-state index is -0.0618. The van der Waals surface area contributed by atoms with Gasteiger partial charge in [0.15, 0.2) is 5.76 Å². The van der Waals surface area contributed by atoms with E-state index in [1.54, 1.807) is 0 Å². The standard InChI is InChI=1S/C24H25N3O3/c1-16-5-4-7-18(26-16)15-25-22(28)19-14-24(19)9-11-27(12-10-24)23(29)21-13-17-6-2-3-8-20(17)30-21/h2-8,13,19H,9-12,14-15H2,1H3,(H,25,28)/t19-/m0/s1. The number of aryl methyl sites for hydroxylation is 1. The number of nitrogens with zero attached hydrogens (tertiary/aromatic N) is 2. The van der Waals surface area contributed by atoms with Gasteiger partial charge in [-0.1, -0.05) is 24.3 Å². The summed E-state index contributed by atoms with van der Waals surface area (Å²) in [7, 11) is 0. The number of hydrogen-bond donors (Lipinski definition) is 1. The maximum absolute atomic E-state index is 12.8. The summed E-state index contributed by atoms with van der Waals surface area (Å²) in [5.74, 6) is 0.484. The van der Waals surface area contributed by atoms with Gasteiger partial charge in [0.25, 0.3) is 5.91 Å². The molecule has 2 aromatic heterocycles. The number of likely N-dealkylation sites (tertiary alicyclic amines) is 1. The maximum atomic E-state index is 12.8. The average Bonchev–Trinajstić information content (AvgIpc) is 3.27. The summed E-state index contributed by atoms with van der Waals surface area (Å²) in [6.07, 6.45) is 2.63. The number of aromatic nitrogens is 1. The van der Waals surface area contributed by atoms with Crippen molar-refractivity contribution in [1.29, 1.82) is 0 Å². The Hall–Kier alpha value is -3.15. The molecule has 2 amide bonds. The first kappa shape index (κ1) is 18.9. The van der Waals surface area contributed by atoms with Crippen molar-refractivity contribution in [3.63, 3.8) is 0 Å². The van der Waals surface area contributed by atoms with Crippen molar-refractivity contribution >= 4 is 22.8 Å². The third-order valence-electron chi connectivity index (χ3n) is 6.58. The zero-order valence-electron chi connectivity index (χ0n) is 17.1. The van der Waals surface area contributed by atoms with E-state index in [9.17, 15) is 9.59 Å². The lowest BCUT2D eigenvalue weighted by atomic mass is 9.90. The predicted octanol–water partition coefficient (Wildman–Crippen LogP) is 3.69. The van der Waals surface area contributed by atoms with E-state index in [0.29, 0.717) is 25.4 Å². The molecule has 1 aliphatic carbocycles. The van der Waals surface area contributed by atoms with Crippen LogP contribution in [-0.4, -0.2) is 34.8 Å². The number of pyridine rings is 1. The Kier molecular flexibility index (Phi) is 4.57. The van der Waals surface area contributed by atoms with Gasteiger partial charge in [-0.3, -0.25) is 14.6 Å². The minimum Gasteiger partial charge on any atom is -0.451 e. The molecule has 1 saturated carbocycles. The van der Waals surface area contributed by atoms with Crippen LogP contribution in [0.4, 0.5) is 0 Å². The average molecular weight is 403 g/mol. The fraction of sp³-hybridized carbons (Fsp3) is 0.375. The van der Waals surface area contributed by atoms with Crippen LogP contribution in [0.1, 0.15) is 41.2 Å². The van der Waals surface area contributed by atoms with E-state index in [4.69, 9.17) is 4.42 Å². The van der Waals surface area contributed by atoms with E-state index in [-0.39, 0.29) is 23.1 Å². The molecule has 0 radical (unpaired) electrons. The van der Waals surface area contributed by atoms with Gasteiger partial charge in [-0.15, -0.1) is 0 Å². The van der Waals surface area contributed by atoms with Crippen LogP contribution >= 0.6 is 0 Å². The van der Waals surface area contributed by atoms with Gasteiger partial charge >= 0.3 is 0 Å². The first-order valence-electron chi connectivity index (χ1n) is 10.5. The first-order chi connectivity index (χ1) is 14.5. The second kappa shape index (κ2) is 7.27. The van der Waals surface area contributed by atoms with E-state index < -0.39 is 0 Å². The third-order valence-corrected chi connectivity index (χ3v) is 6.58. The van der Waals surface area contributed by atoms with Crippen LogP contribution in [-0.2, 0) is 11.3 Å². The SMILES string of the molecule is Cc1cccc(CNC(=O)[C@@H]2CC23CCN(C(=O)c2cc4ccccc4o2)CC3)n1. The van der Waals surface area contributed by atoms with Crippen molar-refractivity contribution in [2.45, 2.75) is 32.7 Å². The summed E-state index contributed by atoms with van der Waals surface area (Å²) >= 11 is 0. The molecule has 2 aliphatic rings. The number of furan rings is 1. The second-order valence-electron chi connectivity index (χ2n) is 8.55. The van der Waals surface area contributed by atoms with Crippen LogP contribution in [0.25, 0.3) is 11.0 Å². The van der Waals surface area contributed by atoms with Crippen LogP contribution < -0.4 is 5.32 Å². The van der Waals surface area contributed by atoms with Crippen molar-refractivity contribution in [1.82, 2.24) is 15.2 Å². The lowest BCUT2D eigenvalue weighted by Crippen LogP contribution is -2.40. The Morgan fingerprint density at radius 3 is 2.73 bits per heavy atom. The lowest BCUT2D eigenvalue weighted by Gasteiger charge is -2.32. The van der Waals surface area contributed by atoms with Gasteiger partial charge in [-0.2, -0.15) is 0 Å². The molecule has 1 atom stereocenters. The maximum Gasteiger partial charge on any atom is 0.289 e. The molecule has 1 spiro atoms. The van der Waals surface area contributed by atoms with Crippen LogP contribution in [0, 0.1) is 18.3 Å². The molecule has 6 nitrogen and oxygen atoms in total. The van der Waals surface area contributed by atoms with Crippen molar-refractivity contribution in [2.75, 3.05) is 13.1 Å². The molecular formula is C24H25N3O3. The number of piperidine rings is 1. The minimum absolute atomic E-state index is 0.0470. The van der Waals surface area contributed by atoms with Gasteiger partial charge in [0.2, 0.25) is 5.91 Å². The Bertz CT molecular complexity index is 1080. The third kappa shape index (κ3) is 3.47. The van der Waals surface area contributed by atoms with Crippen LogP contribution in [0.3, 0.4) is 0 Å². The van der Waals surface area contributed by atoms with Crippen molar-refractivity contribution in [2.24, 2.45) is 11.3 Å². The molecule has 30 heavy (non-hydrogen) atoms. The highest BCUT2D eigenvalue weighted by Gasteiger charge is 2.58. The van der Waals surface area contributed by atoms with Crippen molar-refractivity contribution in [3.8, 4) is 0 Å². The Morgan fingerprint density at radius 2 is 1.97 bits per heavy atom. The number of para-hydroxylation sites is 1. The van der Waals surface area contributed by atoms with E-state index in [2.05, 4.69) is 10.3 Å². The normalized spacial score (nSPS) is 19.8. The topological polar surface area (TPSA) is 75.4 Å². The lowest BCUT2D eigenvalue weighted by molar-refractivity contribution is -0.123. The smallest absolute Gasteiger partial charge is 0.289 e. The van der Waals surface area contributed by atoms with E-state index in [0.717, 1.165) is 41.6 Å². The molecule has 1 aliphatic heterocycles. The molecule has 1 N–H and O–H groups in total. The van der Waals surface area contributed by atoms with Crippen molar-refractivity contribution in [3.05, 3.63) is 65.7 Å². The zero-order valence-corrected chi connectivity index (χ0v) is 17.1. The van der Waals surface area contributed by atoms with E-state index >= 15 is 0 Å². The molecule has 154 valence electrons. The van der Waals surface area contributed by atoms with Crippen LogP contribution in [0.15, 0.2) is 52.9 Å². The second-order valence-corrected chi connectivity index (χ2v) is 8.55. The van der Waals surface area contributed by atoms with Gasteiger partial charge in [0.05, 0.1) is 12.2 Å². The summed E-state index contributed by atoms with van der Waals surface area (Å²) in [5.41, 5.74) is 2.61. The predicted molar refractivity (Wildman–Crippen MR) is 113 cm³/mol. The quantitative estimate of drug-likeness (QED) is 0.721. The fourth-order valence-corrected chi connectivity index (χ4v) is 4.67.